The van der Waals surface area contributed by atoms with E-state index in [2.05, 4.69) is 65.1 Å². The molecule has 1 aromatic carbocycles. The molecule has 0 fully saturated rings. The van der Waals surface area contributed by atoms with Crippen molar-refractivity contribution in [2.45, 2.75) is 45.2 Å². The summed E-state index contributed by atoms with van der Waals surface area (Å²) in [5, 5.41) is 7.57. The van der Waals surface area contributed by atoms with Crippen molar-refractivity contribution in [1.82, 2.24) is 20.1 Å². The molecule has 0 amide bonds. The largest absolute Gasteiger partial charge is 0.493 e. The summed E-state index contributed by atoms with van der Waals surface area (Å²) in [5.41, 5.74) is 6.22. The Morgan fingerprint density at radius 1 is 1.10 bits per heavy atom. The highest BCUT2D eigenvalue weighted by molar-refractivity contribution is 5.51. The Hall–Kier alpha value is -2.86. The first-order chi connectivity index (χ1) is 14.4. The SMILES string of the molecule is COc1cc2c(cc1OC)C(c1ccncc1)N(Cc1cn[nH]c1C(C)(C)C)CC2. The van der Waals surface area contributed by atoms with Crippen LogP contribution in [0.3, 0.4) is 0 Å². The summed E-state index contributed by atoms with van der Waals surface area (Å²) in [7, 11) is 3.38. The average molecular weight is 407 g/mol. The molecule has 0 bridgehead atoms. The van der Waals surface area contributed by atoms with E-state index in [0.717, 1.165) is 31.0 Å². The van der Waals surface area contributed by atoms with Gasteiger partial charge in [0.25, 0.3) is 0 Å². The van der Waals surface area contributed by atoms with E-state index >= 15 is 0 Å². The fraction of sp³-hybridized carbons (Fsp3) is 0.417. The van der Waals surface area contributed by atoms with Gasteiger partial charge in [-0.3, -0.25) is 15.0 Å². The maximum Gasteiger partial charge on any atom is 0.161 e. The van der Waals surface area contributed by atoms with Crippen LogP contribution < -0.4 is 9.47 Å². The maximum atomic E-state index is 5.62. The van der Waals surface area contributed by atoms with Crippen molar-refractivity contribution in [2.24, 2.45) is 0 Å². The number of H-pyrrole nitrogens is 1. The van der Waals surface area contributed by atoms with Gasteiger partial charge in [0.2, 0.25) is 0 Å². The van der Waals surface area contributed by atoms with E-state index in [1.165, 1.54) is 27.9 Å². The van der Waals surface area contributed by atoms with Gasteiger partial charge in [-0.15, -0.1) is 0 Å². The molecule has 0 radical (unpaired) electrons. The van der Waals surface area contributed by atoms with Gasteiger partial charge in [0.05, 0.1) is 26.5 Å². The van der Waals surface area contributed by atoms with E-state index in [-0.39, 0.29) is 11.5 Å². The number of hydrogen-bond acceptors (Lipinski definition) is 5. The van der Waals surface area contributed by atoms with Crippen molar-refractivity contribution in [3.05, 3.63) is 70.8 Å². The number of benzene rings is 1. The Labute approximate surface area is 178 Å². The maximum absolute atomic E-state index is 5.62. The molecule has 6 heteroatoms. The second kappa shape index (κ2) is 8.11. The highest BCUT2D eigenvalue weighted by Crippen LogP contribution is 2.41. The minimum atomic E-state index is 0.0161. The molecule has 3 aromatic rings. The third-order valence-corrected chi connectivity index (χ3v) is 5.84. The normalized spacial score (nSPS) is 16.9. The zero-order valence-electron chi connectivity index (χ0n) is 18.4. The predicted molar refractivity (Wildman–Crippen MR) is 117 cm³/mol. The first-order valence-corrected chi connectivity index (χ1v) is 10.3. The van der Waals surface area contributed by atoms with Crippen LogP contribution in [-0.4, -0.2) is 40.8 Å². The third-order valence-electron chi connectivity index (χ3n) is 5.84. The number of nitrogens with one attached hydrogen (secondary N) is 1. The Bertz CT molecular complexity index is 1010. The monoisotopic (exact) mass is 406 g/mol. The summed E-state index contributed by atoms with van der Waals surface area (Å²) < 4.78 is 11.2. The fourth-order valence-electron chi connectivity index (χ4n) is 4.40. The summed E-state index contributed by atoms with van der Waals surface area (Å²) in [5.74, 6) is 1.54. The van der Waals surface area contributed by atoms with Gasteiger partial charge in [-0.2, -0.15) is 5.10 Å². The van der Waals surface area contributed by atoms with E-state index in [1.807, 2.05) is 18.6 Å². The smallest absolute Gasteiger partial charge is 0.161 e. The lowest BCUT2D eigenvalue weighted by Crippen LogP contribution is -2.36. The van der Waals surface area contributed by atoms with Gasteiger partial charge in [-0.05, 0) is 47.4 Å². The summed E-state index contributed by atoms with van der Waals surface area (Å²) in [4.78, 5) is 6.74. The minimum Gasteiger partial charge on any atom is -0.493 e. The van der Waals surface area contributed by atoms with Crippen LogP contribution in [-0.2, 0) is 18.4 Å². The fourth-order valence-corrected chi connectivity index (χ4v) is 4.40. The summed E-state index contributed by atoms with van der Waals surface area (Å²) >= 11 is 0. The lowest BCUT2D eigenvalue weighted by atomic mass is 9.86. The first kappa shape index (κ1) is 20.4. The van der Waals surface area contributed by atoms with Crippen molar-refractivity contribution in [3.8, 4) is 11.5 Å². The summed E-state index contributed by atoms with van der Waals surface area (Å²) in [6.07, 6.45) is 6.65. The molecule has 1 atom stereocenters. The summed E-state index contributed by atoms with van der Waals surface area (Å²) in [6, 6.07) is 8.57. The lowest BCUT2D eigenvalue weighted by molar-refractivity contribution is 0.202. The number of hydrogen-bond donors (Lipinski definition) is 1. The number of rotatable bonds is 5. The van der Waals surface area contributed by atoms with Gasteiger partial charge in [-0.1, -0.05) is 20.8 Å². The molecule has 1 unspecified atom stereocenters. The number of pyridine rings is 1. The van der Waals surface area contributed by atoms with E-state index in [0.29, 0.717) is 0 Å². The highest BCUT2D eigenvalue weighted by atomic mass is 16.5. The van der Waals surface area contributed by atoms with Crippen LogP contribution in [0, 0.1) is 0 Å². The van der Waals surface area contributed by atoms with Gasteiger partial charge in [0.15, 0.2) is 11.5 Å². The molecule has 2 aromatic heterocycles. The van der Waals surface area contributed by atoms with Crippen molar-refractivity contribution < 1.29 is 9.47 Å². The molecule has 158 valence electrons. The zero-order valence-corrected chi connectivity index (χ0v) is 18.4. The molecule has 0 aliphatic carbocycles. The van der Waals surface area contributed by atoms with Crippen molar-refractivity contribution in [1.29, 1.82) is 0 Å². The number of aromatic nitrogens is 3. The predicted octanol–water partition coefficient (Wildman–Crippen LogP) is 4.27. The second-order valence-corrected chi connectivity index (χ2v) is 8.83. The molecule has 1 N–H and O–H groups in total. The molecule has 4 rings (SSSR count). The van der Waals surface area contributed by atoms with Gasteiger partial charge in [-0.25, -0.2) is 0 Å². The molecule has 0 saturated heterocycles. The Morgan fingerprint density at radius 3 is 2.47 bits per heavy atom. The molecule has 0 spiro atoms. The van der Waals surface area contributed by atoms with Crippen LogP contribution >= 0.6 is 0 Å². The standard InChI is InChI=1S/C24H30N4O2/c1-24(2,3)23-18(14-26-27-23)15-28-11-8-17-12-20(29-4)21(30-5)13-19(17)22(28)16-6-9-25-10-7-16/h6-7,9-10,12-14,22H,8,11,15H2,1-5H3,(H,26,27). The molecule has 3 heterocycles. The molecule has 1 aliphatic rings. The number of methoxy groups -OCH3 is 2. The molecular formula is C24H30N4O2. The van der Waals surface area contributed by atoms with Crippen LogP contribution in [0.2, 0.25) is 0 Å². The van der Waals surface area contributed by atoms with Crippen LogP contribution in [0.15, 0.2) is 42.9 Å². The highest BCUT2D eigenvalue weighted by Gasteiger charge is 2.32. The summed E-state index contributed by atoms with van der Waals surface area (Å²) in [6.45, 7) is 8.42. The molecular weight excluding hydrogens is 376 g/mol. The lowest BCUT2D eigenvalue weighted by Gasteiger charge is -2.38. The van der Waals surface area contributed by atoms with E-state index < -0.39 is 0 Å². The molecule has 30 heavy (non-hydrogen) atoms. The number of aromatic amines is 1. The number of nitrogens with zero attached hydrogens (tertiary/aromatic N) is 3. The zero-order chi connectivity index (χ0) is 21.3. The van der Waals surface area contributed by atoms with E-state index in [1.54, 1.807) is 14.2 Å². The second-order valence-electron chi connectivity index (χ2n) is 8.83. The quantitative estimate of drug-likeness (QED) is 0.686. The van der Waals surface area contributed by atoms with Gasteiger partial charge in [0.1, 0.15) is 0 Å². The molecule has 1 aliphatic heterocycles. The van der Waals surface area contributed by atoms with Crippen LogP contribution in [0.1, 0.15) is 54.8 Å². The van der Waals surface area contributed by atoms with Crippen LogP contribution in [0.4, 0.5) is 0 Å². The molecule has 6 nitrogen and oxygen atoms in total. The minimum absolute atomic E-state index is 0.0161. The first-order valence-electron chi connectivity index (χ1n) is 10.3. The van der Waals surface area contributed by atoms with Crippen molar-refractivity contribution in [2.75, 3.05) is 20.8 Å². The van der Waals surface area contributed by atoms with Gasteiger partial charge < -0.3 is 9.47 Å². The number of ether oxygens (including phenoxy) is 2. The van der Waals surface area contributed by atoms with Crippen molar-refractivity contribution >= 4 is 0 Å². The number of fused-ring (bicyclic) bond motifs is 1. The topological polar surface area (TPSA) is 63.3 Å². The Balaban J connectivity index is 1.78. The molecule has 0 saturated carbocycles. The van der Waals surface area contributed by atoms with E-state index in [9.17, 15) is 0 Å². The van der Waals surface area contributed by atoms with Gasteiger partial charge in [0, 0.05) is 42.2 Å². The van der Waals surface area contributed by atoms with Crippen LogP contribution in [0.25, 0.3) is 0 Å². The third kappa shape index (κ3) is 3.79. The van der Waals surface area contributed by atoms with Gasteiger partial charge >= 0.3 is 0 Å². The van der Waals surface area contributed by atoms with Crippen LogP contribution in [0.5, 0.6) is 11.5 Å². The Kier molecular flexibility index (Phi) is 5.52. The van der Waals surface area contributed by atoms with Crippen molar-refractivity contribution in [3.63, 3.8) is 0 Å². The average Bonchev–Trinajstić information content (AvgIpc) is 3.22. The Morgan fingerprint density at radius 2 is 1.80 bits per heavy atom. The van der Waals surface area contributed by atoms with E-state index in [4.69, 9.17) is 9.47 Å².